The highest BCUT2D eigenvalue weighted by Crippen LogP contribution is 2.56. The zero-order valence-electron chi connectivity index (χ0n) is 17.6. The van der Waals surface area contributed by atoms with Crippen LogP contribution in [0, 0.1) is 56.7 Å². The van der Waals surface area contributed by atoms with Crippen LogP contribution in [0.25, 0.3) is 10.8 Å². The van der Waals surface area contributed by atoms with Crippen molar-refractivity contribution in [1.29, 1.82) is 21.2 Å². The molecule has 2 aliphatic rings. The van der Waals surface area contributed by atoms with E-state index in [1.165, 1.54) is 0 Å². The number of rotatable bonds is 3. The van der Waals surface area contributed by atoms with Crippen LogP contribution >= 0.6 is 0 Å². The Morgan fingerprint density at radius 3 is 2.55 bits per heavy atom. The summed E-state index contributed by atoms with van der Waals surface area (Å²) in [6.07, 6.45) is 2.02. The van der Waals surface area contributed by atoms with Gasteiger partial charge in [0.2, 0.25) is 0 Å². The van der Waals surface area contributed by atoms with Gasteiger partial charge in [-0.2, -0.15) is 15.8 Å². The number of methoxy groups -OCH3 is 1. The van der Waals surface area contributed by atoms with Gasteiger partial charge in [-0.1, -0.05) is 43.3 Å². The molecule has 2 aromatic rings. The van der Waals surface area contributed by atoms with E-state index in [0.717, 1.165) is 28.5 Å². The van der Waals surface area contributed by atoms with Crippen LogP contribution in [0.1, 0.15) is 18.4 Å². The van der Waals surface area contributed by atoms with Gasteiger partial charge in [-0.25, -0.2) is 0 Å². The number of hydrogen-bond acceptors (Lipinski definition) is 6. The van der Waals surface area contributed by atoms with E-state index >= 15 is 0 Å². The Labute approximate surface area is 182 Å². The quantitative estimate of drug-likeness (QED) is 0.771. The van der Waals surface area contributed by atoms with Crippen molar-refractivity contribution in [2.45, 2.75) is 12.8 Å². The average Bonchev–Trinajstić information content (AvgIpc) is 2.82. The Hall–Kier alpha value is -3.66. The second kappa shape index (κ2) is 7.88. The maximum absolute atomic E-state index is 10.3. The lowest BCUT2D eigenvalue weighted by Crippen LogP contribution is -2.53. The van der Waals surface area contributed by atoms with E-state index in [9.17, 15) is 15.8 Å². The van der Waals surface area contributed by atoms with Crippen molar-refractivity contribution in [3.63, 3.8) is 0 Å². The summed E-state index contributed by atoms with van der Waals surface area (Å²) in [5, 5.41) is 41.2. The second-order valence-electron chi connectivity index (χ2n) is 8.05. The first-order chi connectivity index (χ1) is 15.1. The minimum atomic E-state index is -1.75. The zero-order valence-corrected chi connectivity index (χ0v) is 17.6. The lowest BCUT2D eigenvalue weighted by atomic mass is 9.54. The minimum absolute atomic E-state index is 0.132. The van der Waals surface area contributed by atoms with Crippen LogP contribution in [0.4, 0.5) is 0 Å². The third-order valence-corrected chi connectivity index (χ3v) is 6.77. The van der Waals surface area contributed by atoms with Gasteiger partial charge in [-0.05, 0) is 29.0 Å². The predicted octanol–water partition coefficient (Wildman–Crippen LogP) is 4.02. The fraction of sp³-hybridized carbons (Fsp3) is 0.360. The number of hydrogen-bond donors (Lipinski definition) is 1. The SMILES string of the molecule is CCN1CC=C2C(C#N)C(=N)C(C#N)(C#N)[C@@H](c3c(OC)ccc4ccccc34)[C@H]2C1. The summed E-state index contributed by atoms with van der Waals surface area (Å²) in [6, 6.07) is 18.2. The Bertz CT molecular complexity index is 1200. The summed E-state index contributed by atoms with van der Waals surface area (Å²) in [5.74, 6) is -1.14. The summed E-state index contributed by atoms with van der Waals surface area (Å²) in [7, 11) is 1.58. The van der Waals surface area contributed by atoms with Crippen LogP contribution in [0.2, 0.25) is 0 Å². The second-order valence-corrected chi connectivity index (χ2v) is 8.05. The Kier molecular flexibility index (Phi) is 5.24. The van der Waals surface area contributed by atoms with E-state index in [4.69, 9.17) is 10.1 Å². The van der Waals surface area contributed by atoms with Crippen molar-refractivity contribution >= 4 is 16.5 Å². The van der Waals surface area contributed by atoms with Gasteiger partial charge in [0.05, 0.1) is 31.0 Å². The van der Waals surface area contributed by atoms with Gasteiger partial charge >= 0.3 is 0 Å². The monoisotopic (exact) mass is 409 g/mol. The third kappa shape index (κ3) is 2.90. The zero-order chi connectivity index (χ0) is 22.2. The summed E-state index contributed by atoms with van der Waals surface area (Å²) in [6.45, 7) is 4.20. The van der Waals surface area contributed by atoms with Crippen molar-refractivity contribution in [3.8, 4) is 24.0 Å². The number of ether oxygens (including phenoxy) is 1. The van der Waals surface area contributed by atoms with E-state index in [1.54, 1.807) is 7.11 Å². The molecule has 0 spiro atoms. The molecule has 1 aliphatic carbocycles. The normalized spacial score (nSPS) is 24.9. The largest absolute Gasteiger partial charge is 0.496 e. The number of nitrogens with one attached hydrogen (secondary N) is 1. The summed E-state index contributed by atoms with van der Waals surface area (Å²) < 4.78 is 5.72. The van der Waals surface area contributed by atoms with Crippen LogP contribution < -0.4 is 4.74 Å². The highest BCUT2D eigenvalue weighted by molar-refractivity contribution is 6.02. The number of likely N-dealkylation sites (N-methyl/N-ethyl adjacent to an activating group) is 1. The molecule has 1 aliphatic heterocycles. The van der Waals surface area contributed by atoms with Gasteiger partial charge < -0.3 is 10.1 Å². The van der Waals surface area contributed by atoms with Crippen molar-refractivity contribution in [3.05, 3.63) is 53.6 Å². The number of nitriles is 3. The molecule has 3 atom stereocenters. The topological polar surface area (TPSA) is 108 Å². The average molecular weight is 409 g/mol. The molecule has 6 heteroatoms. The molecule has 1 saturated carbocycles. The van der Waals surface area contributed by atoms with Crippen LogP contribution in [0.3, 0.4) is 0 Å². The molecule has 0 radical (unpaired) electrons. The number of fused-ring (bicyclic) bond motifs is 2. The summed E-state index contributed by atoms with van der Waals surface area (Å²) in [5.41, 5.74) is -0.277. The molecule has 154 valence electrons. The highest BCUT2D eigenvalue weighted by atomic mass is 16.5. The van der Waals surface area contributed by atoms with Gasteiger partial charge in [0.15, 0.2) is 5.41 Å². The van der Waals surface area contributed by atoms with Crippen LogP contribution in [0.15, 0.2) is 48.0 Å². The van der Waals surface area contributed by atoms with Gasteiger partial charge in [-0.3, -0.25) is 4.90 Å². The number of benzene rings is 2. The van der Waals surface area contributed by atoms with E-state index in [2.05, 4.69) is 30.0 Å². The first kappa shape index (κ1) is 20.6. The lowest BCUT2D eigenvalue weighted by Gasteiger charge is -2.48. The van der Waals surface area contributed by atoms with Gasteiger partial charge in [-0.15, -0.1) is 0 Å². The predicted molar refractivity (Wildman–Crippen MR) is 117 cm³/mol. The van der Waals surface area contributed by atoms with Gasteiger partial charge in [0, 0.05) is 30.5 Å². The molecular formula is C25H23N5O. The molecular weight excluding hydrogens is 386 g/mol. The smallest absolute Gasteiger partial charge is 0.189 e. The Morgan fingerprint density at radius 1 is 1.16 bits per heavy atom. The van der Waals surface area contributed by atoms with Crippen molar-refractivity contribution < 1.29 is 4.74 Å². The highest BCUT2D eigenvalue weighted by Gasteiger charge is 2.58. The van der Waals surface area contributed by atoms with Crippen molar-refractivity contribution in [2.75, 3.05) is 26.7 Å². The van der Waals surface area contributed by atoms with E-state index in [0.29, 0.717) is 18.8 Å². The Balaban J connectivity index is 2.09. The van der Waals surface area contributed by atoms with Gasteiger partial charge in [0.25, 0.3) is 0 Å². The minimum Gasteiger partial charge on any atom is -0.496 e. The maximum atomic E-state index is 10.3. The third-order valence-electron chi connectivity index (χ3n) is 6.77. The molecule has 6 nitrogen and oxygen atoms in total. The Morgan fingerprint density at radius 2 is 1.90 bits per heavy atom. The molecule has 1 unspecified atom stereocenters. The molecule has 1 fully saturated rings. The molecule has 1 N–H and O–H groups in total. The van der Waals surface area contributed by atoms with E-state index in [1.807, 2.05) is 42.5 Å². The summed E-state index contributed by atoms with van der Waals surface area (Å²) in [4.78, 5) is 2.24. The van der Waals surface area contributed by atoms with E-state index < -0.39 is 17.3 Å². The molecule has 1 heterocycles. The fourth-order valence-electron chi connectivity index (χ4n) is 5.21. The summed E-state index contributed by atoms with van der Waals surface area (Å²) >= 11 is 0. The first-order valence-electron chi connectivity index (χ1n) is 10.3. The molecule has 31 heavy (non-hydrogen) atoms. The van der Waals surface area contributed by atoms with Gasteiger partial charge in [0.1, 0.15) is 11.7 Å². The molecule has 0 amide bonds. The van der Waals surface area contributed by atoms with Crippen LogP contribution in [0.5, 0.6) is 5.75 Å². The molecule has 0 bridgehead atoms. The molecule has 4 rings (SSSR count). The number of nitrogens with zero attached hydrogens (tertiary/aromatic N) is 4. The molecule has 2 aromatic carbocycles. The lowest BCUT2D eigenvalue weighted by molar-refractivity contribution is 0.210. The molecule has 0 aromatic heterocycles. The maximum Gasteiger partial charge on any atom is 0.189 e. The van der Waals surface area contributed by atoms with Crippen molar-refractivity contribution in [1.82, 2.24) is 4.90 Å². The van der Waals surface area contributed by atoms with Crippen LogP contribution in [-0.2, 0) is 0 Å². The first-order valence-corrected chi connectivity index (χ1v) is 10.3. The standard InChI is InChI=1S/C25H23N5O/c1-3-30-11-10-18-19(12-26)24(29)25(14-27,15-28)23(20(18)13-30)22-17-7-5-4-6-16(17)8-9-21(22)31-2/h4-10,19-20,23,29H,3,11,13H2,1-2H3/t19?,20-,23+/m0/s1. The fourth-order valence-corrected chi connectivity index (χ4v) is 5.21. The van der Waals surface area contributed by atoms with E-state index in [-0.39, 0.29) is 11.6 Å². The van der Waals surface area contributed by atoms with Crippen molar-refractivity contribution in [2.24, 2.45) is 17.3 Å². The molecule has 0 saturated heterocycles. The van der Waals surface area contributed by atoms with Crippen LogP contribution in [-0.4, -0.2) is 37.4 Å².